The van der Waals surface area contributed by atoms with Crippen LogP contribution in [-0.4, -0.2) is 55.4 Å². The van der Waals surface area contributed by atoms with Gasteiger partial charge < -0.3 is 10.2 Å². The second-order valence-electron chi connectivity index (χ2n) is 9.54. The monoisotopic (exact) mass is 584 g/mol. The lowest BCUT2D eigenvalue weighted by molar-refractivity contribution is -0.384. The van der Waals surface area contributed by atoms with Crippen molar-refractivity contribution >= 4 is 33.2 Å². The lowest BCUT2D eigenvalue weighted by atomic mass is 10.0. The van der Waals surface area contributed by atoms with Gasteiger partial charge in [0.1, 0.15) is 18.4 Å². The smallest absolute Gasteiger partial charge is 0.271 e. The molecule has 1 N–H and O–H groups in total. The van der Waals surface area contributed by atoms with E-state index in [0.29, 0.717) is 12.1 Å². The van der Waals surface area contributed by atoms with Gasteiger partial charge in [0.15, 0.2) is 0 Å². The van der Waals surface area contributed by atoms with E-state index in [1.807, 2.05) is 25.1 Å². The highest BCUT2D eigenvalue weighted by atomic mass is 32.2. The largest absolute Gasteiger partial charge is 0.354 e. The number of rotatable bonds is 14. The fraction of sp³-hybridized carbons (Fsp3) is 0.310. The maximum absolute atomic E-state index is 14.0. The molecule has 0 spiro atoms. The number of hydrogen-bond donors (Lipinski definition) is 1. The summed E-state index contributed by atoms with van der Waals surface area (Å²) in [6.45, 7) is 1.55. The summed E-state index contributed by atoms with van der Waals surface area (Å²) in [5.41, 5.74) is 0.895. The molecule has 0 saturated heterocycles. The number of amides is 2. The van der Waals surface area contributed by atoms with Gasteiger partial charge in [0.2, 0.25) is 21.8 Å². The Kier molecular flexibility index (Phi) is 10.9. The van der Waals surface area contributed by atoms with Gasteiger partial charge in [-0.3, -0.25) is 24.0 Å². The van der Waals surface area contributed by atoms with Crippen LogP contribution in [0.4, 0.5) is 15.8 Å². The molecule has 0 aromatic heterocycles. The van der Waals surface area contributed by atoms with E-state index in [4.69, 9.17) is 0 Å². The molecule has 41 heavy (non-hydrogen) atoms. The van der Waals surface area contributed by atoms with Crippen molar-refractivity contribution in [3.05, 3.63) is 106 Å². The molecular weight excluding hydrogens is 551 g/mol. The van der Waals surface area contributed by atoms with Gasteiger partial charge in [0, 0.05) is 31.6 Å². The third-order valence-corrected chi connectivity index (χ3v) is 7.52. The van der Waals surface area contributed by atoms with Crippen LogP contribution in [-0.2, 0) is 32.6 Å². The molecule has 0 unspecified atom stereocenters. The average molecular weight is 585 g/mol. The number of nitrogens with zero attached hydrogens (tertiary/aromatic N) is 3. The fourth-order valence-electron chi connectivity index (χ4n) is 4.22. The van der Waals surface area contributed by atoms with Gasteiger partial charge in [0.05, 0.1) is 16.9 Å². The highest BCUT2D eigenvalue weighted by Crippen LogP contribution is 2.24. The number of anilines is 1. The standard InChI is InChI=1S/C29H33FN4O6S/c1-3-4-17-31-29(36)27(18-22-9-6-5-7-10-22)32(20-23-13-15-24(30)16-14-23)28(35)21-33(41(2,39)40)25-11-8-12-26(19-25)34(37)38/h5-16,19,27H,3-4,17-18,20-21H2,1-2H3,(H,31,36)/t27-/m1/s1. The number of benzene rings is 3. The van der Waals surface area contributed by atoms with E-state index in [9.17, 15) is 32.5 Å². The van der Waals surface area contributed by atoms with Crippen molar-refractivity contribution in [2.24, 2.45) is 0 Å². The van der Waals surface area contributed by atoms with Crippen LogP contribution in [0.1, 0.15) is 30.9 Å². The van der Waals surface area contributed by atoms with E-state index in [0.717, 1.165) is 35.0 Å². The first-order valence-corrected chi connectivity index (χ1v) is 14.9. The van der Waals surface area contributed by atoms with Gasteiger partial charge in [-0.25, -0.2) is 12.8 Å². The number of nitro groups is 1. The minimum Gasteiger partial charge on any atom is -0.354 e. The van der Waals surface area contributed by atoms with Gasteiger partial charge in [-0.2, -0.15) is 0 Å². The lowest BCUT2D eigenvalue weighted by Crippen LogP contribution is -2.53. The van der Waals surface area contributed by atoms with Crippen LogP contribution in [0.2, 0.25) is 0 Å². The highest BCUT2D eigenvalue weighted by molar-refractivity contribution is 7.92. The third-order valence-electron chi connectivity index (χ3n) is 6.37. The summed E-state index contributed by atoms with van der Waals surface area (Å²) in [7, 11) is -4.08. The van der Waals surface area contributed by atoms with Crippen LogP contribution in [0, 0.1) is 15.9 Å². The maximum atomic E-state index is 14.0. The van der Waals surface area contributed by atoms with E-state index < -0.39 is 45.2 Å². The molecule has 3 rings (SSSR count). The molecular formula is C29H33FN4O6S. The van der Waals surface area contributed by atoms with Crippen molar-refractivity contribution in [3.8, 4) is 0 Å². The molecule has 0 fully saturated rings. The normalized spacial score (nSPS) is 11.9. The Morgan fingerprint density at radius 1 is 1.00 bits per heavy atom. The second kappa shape index (κ2) is 14.4. The number of nitrogens with one attached hydrogen (secondary N) is 1. The number of carbonyl (C=O) groups excluding carboxylic acids is 2. The average Bonchev–Trinajstić information content (AvgIpc) is 2.94. The Hall–Kier alpha value is -4.32. The predicted octanol–water partition coefficient (Wildman–Crippen LogP) is 4.06. The zero-order valence-electron chi connectivity index (χ0n) is 22.9. The molecule has 0 aliphatic heterocycles. The number of non-ortho nitro benzene ring substituents is 1. The Labute approximate surface area is 239 Å². The van der Waals surface area contributed by atoms with Gasteiger partial charge in [-0.1, -0.05) is 61.9 Å². The third kappa shape index (κ3) is 9.10. The van der Waals surface area contributed by atoms with Crippen molar-refractivity contribution in [2.75, 3.05) is 23.7 Å². The number of nitro benzene ring substituents is 1. The molecule has 0 aliphatic rings. The zero-order chi connectivity index (χ0) is 30.0. The van der Waals surface area contributed by atoms with Crippen molar-refractivity contribution in [1.82, 2.24) is 10.2 Å². The van der Waals surface area contributed by atoms with Crippen LogP contribution >= 0.6 is 0 Å². The van der Waals surface area contributed by atoms with Crippen LogP contribution in [0.25, 0.3) is 0 Å². The molecule has 10 nitrogen and oxygen atoms in total. The summed E-state index contributed by atoms with van der Waals surface area (Å²) < 4.78 is 40.0. The molecule has 0 radical (unpaired) electrons. The topological polar surface area (TPSA) is 130 Å². The van der Waals surface area contributed by atoms with Crippen LogP contribution in [0.5, 0.6) is 0 Å². The molecule has 1 atom stereocenters. The van der Waals surface area contributed by atoms with Crippen molar-refractivity contribution in [2.45, 2.75) is 38.8 Å². The Morgan fingerprint density at radius 2 is 1.68 bits per heavy atom. The van der Waals surface area contributed by atoms with Crippen molar-refractivity contribution in [3.63, 3.8) is 0 Å². The summed E-state index contributed by atoms with van der Waals surface area (Å²) in [4.78, 5) is 39.4. The van der Waals surface area contributed by atoms with E-state index in [1.165, 1.54) is 47.4 Å². The Balaban J connectivity index is 2.04. The Bertz CT molecular complexity index is 1450. The van der Waals surface area contributed by atoms with Crippen LogP contribution in [0.15, 0.2) is 78.9 Å². The summed E-state index contributed by atoms with van der Waals surface area (Å²) in [6, 6.07) is 18.4. The summed E-state index contributed by atoms with van der Waals surface area (Å²) in [5, 5.41) is 14.2. The first-order chi connectivity index (χ1) is 19.5. The number of unbranched alkanes of at least 4 members (excludes halogenated alkanes) is 1. The van der Waals surface area contributed by atoms with E-state index >= 15 is 0 Å². The van der Waals surface area contributed by atoms with Crippen LogP contribution in [0.3, 0.4) is 0 Å². The second-order valence-corrected chi connectivity index (χ2v) is 11.5. The van der Waals surface area contributed by atoms with Gasteiger partial charge in [0.25, 0.3) is 5.69 Å². The molecule has 0 saturated carbocycles. The van der Waals surface area contributed by atoms with E-state index in [1.54, 1.807) is 12.1 Å². The summed E-state index contributed by atoms with van der Waals surface area (Å²) in [5.74, 6) is -1.60. The minimum atomic E-state index is -4.08. The van der Waals surface area contributed by atoms with E-state index in [-0.39, 0.29) is 24.3 Å². The molecule has 3 aromatic carbocycles. The molecule has 218 valence electrons. The van der Waals surface area contributed by atoms with Gasteiger partial charge in [-0.15, -0.1) is 0 Å². The van der Waals surface area contributed by atoms with E-state index in [2.05, 4.69) is 5.32 Å². The molecule has 12 heteroatoms. The zero-order valence-corrected chi connectivity index (χ0v) is 23.7. The van der Waals surface area contributed by atoms with Gasteiger partial charge in [-0.05, 0) is 35.7 Å². The summed E-state index contributed by atoms with van der Waals surface area (Å²) >= 11 is 0. The molecule has 3 aromatic rings. The molecule has 0 bridgehead atoms. The quantitative estimate of drug-likeness (QED) is 0.173. The summed E-state index contributed by atoms with van der Waals surface area (Å²) in [6.07, 6.45) is 2.60. The number of carbonyl (C=O) groups is 2. The predicted molar refractivity (Wildman–Crippen MR) is 154 cm³/mol. The van der Waals surface area contributed by atoms with Crippen molar-refractivity contribution < 1.29 is 27.3 Å². The molecule has 0 heterocycles. The Morgan fingerprint density at radius 3 is 2.29 bits per heavy atom. The maximum Gasteiger partial charge on any atom is 0.271 e. The van der Waals surface area contributed by atoms with Gasteiger partial charge >= 0.3 is 0 Å². The number of hydrogen-bond acceptors (Lipinski definition) is 6. The lowest BCUT2D eigenvalue weighted by Gasteiger charge is -2.33. The minimum absolute atomic E-state index is 0.0659. The van der Waals surface area contributed by atoms with Crippen molar-refractivity contribution in [1.29, 1.82) is 0 Å². The molecule has 2 amide bonds. The number of sulfonamides is 1. The first-order valence-electron chi connectivity index (χ1n) is 13.1. The van der Waals surface area contributed by atoms with Crippen LogP contribution < -0.4 is 9.62 Å². The number of halogens is 1. The molecule has 0 aliphatic carbocycles. The first kappa shape index (κ1) is 31.2. The highest BCUT2D eigenvalue weighted by Gasteiger charge is 2.33. The SMILES string of the molecule is CCCCNC(=O)[C@@H](Cc1ccccc1)N(Cc1ccc(F)cc1)C(=O)CN(c1cccc([N+](=O)[O-])c1)S(C)(=O)=O. The fourth-order valence-corrected chi connectivity index (χ4v) is 5.06.